The molecule has 1 aliphatic rings. The zero-order chi connectivity index (χ0) is 21.1. The van der Waals surface area contributed by atoms with Crippen LogP contribution in [0.5, 0.6) is 11.5 Å². The maximum Gasteiger partial charge on any atom is 0.272 e. The SMILES string of the molecule is CCCn1c(=NC(=O)C=Cc2ccc([N+](=O)[O-])cc2)sc2cc3c(cc21)OCCO3. The highest BCUT2D eigenvalue weighted by atomic mass is 32.1. The number of non-ortho nitro benzene ring substituents is 1. The first kappa shape index (κ1) is 19.8. The summed E-state index contributed by atoms with van der Waals surface area (Å²) in [6, 6.07) is 9.83. The van der Waals surface area contributed by atoms with Crippen LogP contribution >= 0.6 is 11.3 Å². The average Bonchev–Trinajstić information content (AvgIpc) is 3.07. The van der Waals surface area contributed by atoms with Gasteiger partial charge in [-0.15, -0.1) is 0 Å². The summed E-state index contributed by atoms with van der Waals surface area (Å²) >= 11 is 1.42. The van der Waals surface area contributed by atoms with Gasteiger partial charge in [0.2, 0.25) is 0 Å². The molecule has 0 atom stereocenters. The van der Waals surface area contributed by atoms with Crippen LogP contribution in [0.25, 0.3) is 16.3 Å². The van der Waals surface area contributed by atoms with Crippen LogP contribution in [0.2, 0.25) is 0 Å². The largest absolute Gasteiger partial charge is 0.486 e. The molecule has 30 heavy (non-hydrogen) atoms. The van der Waals surface area contributed by atoms with E-state index in [2.05, 4.69) is 11.9 Å². The van der Waals surface area contributed by atoms with E-state index in [4.69, 9.17) is 9.47 Å². The lowest BCUT2D eigenvalue weighted by atomic mass is 10.2. The molecule has 0 unspecified atom stereocenters. The first-order valence-corrected chi connectivity index (χ1v) is 10.3. The van der Waals surface area contributed by atoms with E-state index in [1.165, 1.54) is 29.5 Å². The van der Waals surface area contributed by atoms with E-state index < -0.39 is 10.8 Å². The molecule has 4 rings (SSSR count). The normalized spacial score (nSPS) is 13.8. The first-order chi connectivity index (χ1) is 14.5. The number of nitro groups is 1. The third kappa shape index (κ3) is 4.11. The van der Waals surface area contributed by atoms with Crippen molar-refractivity contribution in [3.63, 3.8) is 0 Å². The molecule has 154 valence electrons. The molecule has 8 nitrogen and oxygen atoms in total. The number of aromatic nitrogens is 1. The Hall–Kier alpha value is -3.46. The Bertz CT molecular complexity index is 1210. The van der Waals surface area contributed by atoms with Crippen molar-refractivity contribution in [2.75, 3.05) is 13.2 Å². The predicted molar refractivity (Wildman–Crippen MR) is 114 cm³/mol. The Morgan fingerprint density at radius 2 is 1.93 bits per heavy atom. The van der Waals surface area contributed by atoms with Gasteiger partial charge in [-0.25, -0.2) is 0 Å². The van der Waals surface area contributed by atoms with Crippen molar-refractivity contribution in [1.29, 1.82) is 0 Å². The van der Waals surface area contributed by atoms with Gasteiger partial charge in [-0.05, 0) is 30.2 Å². The maximum absolute atomic E-state index is 12.4. The highest BCUT2D eigenvalue weighted by Gasteiger charge is 2.16. The van der Waals surface area contributed by atoms with Crippen molar-refractivity contribution >= 4 is 39.2 Å². The van der Waals surface area contributed by atoms with Crippen LogP contribution in [0, 0.1) is 10.1 Å². The van der Waals surface area contributed by atoms with Gasteiger partial charge < -0.3 is 14.0 Å². The number of rotatable bonds is 5. The molecule has 1 amide bonds. The molecule has 1 aromatic heterocycles. The Kier molecular flexibility index (Phi) is 5.62. The summed E-state index contributed by atoms with van der Waals surface area (Å²) in [4.78, 5) is 27.6. The monoisotopic (exact) mass is 425 g/mol. The number of carbonyl (C=O) groups excluding carboxylic acids is 1. The second kappa shape index (κ2) is 8.50. The number of hydrogen-bond acceptors (Lipinski definition) is 6. The third-order valence-corrected chi connectivity index (χ3v) is 5.56. The number of fused-ring (bicyclic) bond motifs is 2. The lowest BCUT2D eigenvalue weighted by Gasteiger charge is -2.18. The zero-order valence-electron chi connectivity index (χ0n) is 16.2. The molecule has 0 fully saturated rings. The number of hydrogen-bond donors (Lipinski definition) is 0. The number of benzene rings is 2. The van der Waals surface area contributed by atoms with E-state index >= 15 is 0 Å². The second-order valence-electron chi connectivity index (χ2n) is 6.63. The second-order valence-corrected chi connectivity index (χ2v) is 7.64. The molecule has 0 saturated carbocycles. The van der Waals surface area contributed by atoms with Crippen molar-refractivity contribution in [2.24, 2.45) is 4.99 Å². The van der Waals surface area contributed by atoms with Crippen LogP contribution in [0.1, 0.15) is 18.9 Å². The smallest absolute Gasteiger partial charge is 0.272 e. The summed E-state index contributed by atoms with van der Waals surface area (Å²) in [7, 11) is 0. The van der Waals surface area contributed by atoms with Gasteiger partial charge in [0.1, 0.15) is 13.2 Å². The maximum atomic E-state index is 12.4. The van der Waals surface area contributed by atoms with Gasteiger partial charge in [0.05, 0.1) is 15.1 Å². The van der Waals surface area contributed by atoms with Gasteiger partial charge >= 0.3 is 0 Å². The van der Waals surface area contributed by atoms with E-state index in [1.807, 2.05) is 16.7 Å². The van der Waals surface area contributed by atoms with Crippen molar-refractivity contribution in [3.05, 3.63) is 63.0 Å². The number of amides is 1. The lowest BCUT2D eigenvalue weighted by molar-refractivity contribution is -0.384. The Morgan fingerprint density at radius 1 is 1.23 bits per heavy atom. The molecule has 0 saturated heterocycles. The molecule has 2 aromatic carbocycles. The minimum atomic E-state index is -0.462. The molecular weight excluding hydrogens is 406 g/mol. The van der Waals surface area contributed by atoms with E-state index in [9.17, 15) is 14.9 Å². The number of aryl methyl sites for hydroxylation is 1. The summed E-state index contributed by atoms with van der Waals surface area (Å²) < 4.78 is 14.3. The van der Waals surface area contributed by atoms with Crippen LogP contribution in [0.15, 0.2) is 47.5 Å². The quantitative estimate of drug-likeness (QED) is 0.351. The summed E-state index contributed by atoms with van der Waals surface area (Å²) in [5, 5.41) is 10.7. The molecule has 2 heterocycles. The van der Waals surface area contributed by atoms with Gasteiger partial charge in [-0.2, -0.15) is 4.99 Å². The topological polar surface area (TPSA) is 96.0 Å². The minimum Gasteiger partial charge on any atom is -0.486 e. The summed E-state index contributed by atoms with van der Waals surface area (Å²) in [6.45, 7) is 3.81. The number of nitrogens with zero attached hydrogens (tertiary/aromatic N) is 3. The number of carbonyl (C=O) groups is 1. The van der Waals surface area contributed by atoms with E-state index in [0.29, 0.717) is 35.1 Å². The first-order valence-electron chi connectivity index (χ1n) is 9.49. The Labute approximate surface area is 175 Å². The molecular formula is C21H19N3O5S. The van der Waals surface area contributed by atoms with Crippen LogP contribution in [0.3, 0.4) is 0 Å². The number of thiazole rings is 1. The molecule has 0 bridgehead atoms. The van der Waals surface area contributed by atoms with Gasteiger partial charge in [0.25, 0.3) is 11.6 Å². The standard InChI is InChI=1S/C21H19N3O5S/c1-2-9-23-16-12-17-18(29-11-10-28-17)13-19(16)30-21(23)22-20(25)8-5-14-3-6-15(7-4-14)24(26)27/h3-8,12-13H,2,9-11H2,1H3. The van der Waals surface area contributed by atoms with Gasteiger partial charge in [0, 0.05) is 36.9 Å². The van der Waals surface area contributed by atoms with Gasteiger partial charge in [-0.1, -0.05) is 18.3 Å². The van der Waals surface area contributed by atoms with Crippen LogP contribution in [-0.2, 0) is 11.3 Å². The minimum absolute atomic E-state index is 0.00435. The van der Waals surface area contributed by atoms with E-state index in [1.54, 1.807) is 18.2 Å². The van der Waals surface area contributed by atoms with Crippen LogP contribution < -0.4 is 14.3 Å². The predicted octanol–water partition coefficient (Wildman–Crippen LogP) is 3.93. The third-order valence-electron chi connectivity index (χ3n) is 4.52. The molecule has 9 heteroatoms. The fraction of sp³-hybridized carbons (Fsp3) is 0.238. The fourth-order valence-corrected chi connectivity index (χ4v) is 4.21. The Balaban J connectivity index is 1.65. The summed E-state index contributed by atoms with van der Waals surface area (Å²) in [6.07, 6.45) is 3.84. The fourth-order valence-electron chi connectivity index (χ4n) is 3.14. The van der Waals surface area contributed by atoms with Crippen molar-refractivity contribution in [3.8, 4) is 11.5 Å². The molecule has 3 aromatic rings. The van der Waals surface area contributed by atoms with Crippen molar-refractivity contribution in [1.82, 2.24) is 4.57 Å². The van der Waals surface area contributed by atoms with E-state index in [0.717, 1.165) is 23.2 Å². The lowest BCUT2D eigenvalue weighted by Crippen LogP contribution is -2.17. The molecule has 0 aliphatic carbocycles. The molecule has 1 aliphatic heterocycles. The number of nitro benzene ring substituents is 1. The van der Waals surface area contributed by atoms with Crippen LogP contribution in [-0.4, -0.2) is 28.6 Å². The van der Waals surface area contributed by atoms with E-state index in [-0.39, 0.29) is 5.69 Å². The zero-order valence-corrected chi connectivity index (χ0v) is 17.1. The van der Waals surface area contributed by atoms with Crippen LogP contribution in [0.4, 0.5) is 5.69 Å². The highest BCUT2D eigenvalue weighted by Crippen LogP contribution is 2.35. The van der Waals surface area contributed by atoms with Gasteiger partial charge in [0.15, 0.2) is 16.3 Å². The molecule has 0 spiro atoms. The summed E-state index contributed by atoms with van der Waals surface area (Å²) in [5.41, 5.74) is 1.64. The van der Waals surface area contributed by atoms with Crippen molar-refractivity contribution < 1.29 is 19.2 Å². The number of ether oxygens (including phenoxy) is 2. The average molecular weight is 425 g/mol. The van der Waals surface area contributed by atoms with Crippen molar-refractivity contribution in [2.45, 2.75) is 19.9 Å². The van der Waals surface area contributed by atoms with Gasteiger partial charge in [-0.3, -0.25) is 14.9 Å². The Morgan fingerprint density at radius 3 is 2.60 bits per heavy atom. The summed E-state index contributed by atoms with van der Waals surface area (Å²) in [5.74, 6) is 1.00. The molecule has 0 N–H and O–H groups in total. The highest BCUT2D eigenvalue weighted by molar-refractivity contribution is 7.16. The molecule has 0 radical (unpaired) electrons.